The van der Waals surface area contributed by atoms with E-state index in [1.165, 1.54) is 12.7 Å². The van der Waals surface area contributed by atoms with Crippen LogP contribution in [0.5, 0.6) is 0 Å². The van der Waals surface area contributed by atoms with E-state index in [4.69, 9.17) is 0 Å². The fourth-order valence-corrected chi connectivity index (χ4v) is 2.18. The van der Waals surface area contributed by atoms with Gasteiger partial charge in [-0.3, -0.25) is 5.32 Å². The maximum atomic E-state index is 11.5. The van der Waals surface area contributed by atoms with Crippen LogP contribution in [-0.4, -0.2) is 35.2 Å². The number of hydrogen-bond acceptors (Lipinski definition) is 6. The highest BCUT2D eigenvalue weighted by Gasteiger charge is 2.14. The van der Waals surface area contributed by atoms with Crippen LogP contribution in [0, 0.1) is 0 Å². The minimum atomic E-state index is -3.61. The molecule has 0 unspecified atom stereocenters. The van der Waals surface area contributed by atoms with Gasteiger partial charge in [-0.05, 0) is 6.42 Å². The van der Waals surface area contributed by atoms with Crippen molar-refractivity contribution in [2.24, 2.45) is 0 Å². The zero-order valence-corrected chi connectivity index (χ0v) is 10.8. The number of nitrogens with one attached hydrogen (secondary N) is 2. The van der Waals surface area contributed by atoms with Crippen molar-refractivity contribution in [3.05, 3.63) is 12.7 Å². The van der Waals surface area contributed by atoms with Crippen LogP contribution in [-0.2, 0) is 10.0 Å². The summed E-state index contributed by atoms with van der Waals surface area (Å²) in [5.74, 6) is -0.0860. The summed E-state index contributed by atoms with van der Waals surface area (Å²) < 4.78 is 24.8. The topological polar surface area (TPSA) is 114 Å². The molecule has 1 aromatic heterocycles. The van der Waals surface area contributed by atoms with Crippen molar-refractivity contribution in [1.29, 1.82) is 0 Å². The Labute approximate surface area is 105 Å². The third kappa shape index (κ3) is 5.53. The summed E-state index contributed by atoms with van der Waals surface area (Å²) >= 11 is 0. The molecular formula is C9H15N5O3S. The molecule has 0 fully saturated rings. The number of rotatable bonds is 6. The maximum Gasteiger partial charge on any atom is 0.335 e. The zero-order chi connectivity index (χ0) is 13.4. The molecule has 1 heterocycles. The molecular weight excluding hydrogens is 258 g/mol. The third-order valence-corrected chi connectivity index (χ3v) is 3.31. The quantitative estimate of drug-likeness (QED) is 0.730. The fraction of sp³-hybridized carbons (Fsp3) is 0.556. The molecule has 0 aromatic carbocycles. The van der Waals surface area contributed by atoms with E-state index in [2.05, 4.69) is 20.3 Å². The van der Waals surface area contributed by atoms with Gasteiger partial charge in [-0.25, -0.2) is 32.9 Å². The van der Waals surface area contributed by atoms with Gasteiger partial charge in [0.1, 0.15) is 12.7 Å². The summed E-state index contributed by atoms with van der Waals surface area (Å²) in [5, 5.41) is 2.20. The number of urea groups is 1. The molecule has 0 spiro atoms. The Morgan fingerprint density at radius 3 is 2.56 bits per heavy atom. The normalized spacial score (nSPS) is 10.9. The first-order valence-corrected chi connectivity index (χ1v) is 7.12. The van der Waals surface area contributed by atoms with E-state index in [9.17, 15) is 13.2 Å². The number of amides is 2. The van der Waals surface area contributed by atoms with Crippen LogP contribution in [0.15, 0.2) is 12.7 Å². The average Bonchev–Trinajstić information content (AvgIpc) is 2.29. The molecule has 1 rings (SSSR count). The van der Waals surface area contributed by atoms with Gasteiger partial charge in [0, 0.05) is 0 Å². The van der Waals surface area contributed by atoms with Crippen LogP contribution < -0.4 is 10.0 Å². The van der Waals surface area contributed by atoms with Crippen molar-refractivity contribution in [3.63, 3.8) is 0 Å². The number of hydrogen-bond donors (Lipinski definition) is 2. The van der Waals surface area contributed by atoms with E-state index in [-0.39, 0.29) is 11.7 Å². The van der Waals surface area contributed by atoms with Gasteiger partial charge in [0.15, 0.2) is 0 Å². The second-order valence-corrected chi connectivity index (χ2v) is 5.39. The van der Waals surface area contributed by atoms with Gasteiger partial charge in [0.05, 0.1) is 5.75 Å². The molecule has 0 aliphatic carbocycles. The van der Waals surface area contributed by atoms with Crippen LogP contribution in [0.25, 0.3) is 0 Å². The summed E-state index contributed by atoms with van der Waals surface area (Å²) in [6.45, 7) is 1.97. The van der Waals surface area contributed by atoms with Crippen LogP contribution in [0.1, 0.15) is 26.2 Å². The van der Waals surface area contributed by atoms with Gasteiger partial charge in [-0.1, -0.05) is 19.8 Å². The molecule has 0 aliphatic rings. The first-order chi connectivity index (χ1) is 8.53. The lowest BCUT2D eigenvalue weighted by molar-refractivity contribution is 0.256. The lowest BCUT2D eigenvalue weighted by Crippen LogP contribution is -2.36. The molecule has 100 valence electrons. The van der Waals surface area contributed by atoms with Gasteiger partial charge < -0.3 is 0 Å². The van der Waals surface area contributed by atoms with E-state index >= 15 is 0 Å². The molecule has 8 nitrogen and oxygen atoms in total. The molecule has 0 saturated carbocycles. The van der Waals surface area contributed by atoms with E-state index < -0.39 is 16.1 Å². The molecule has 0 aliphatic heterocycles. The Morgan fingerprint density at radius 2 is 1.94 bits per heavy atom. The predicted molar refractivity (Wildman–Crippen MR) is 65.3 cm³/mol. The average molecular weight is 273 g/mol. The van der Waals surface area contributed by atoms with Crippen molar-refractivity contribution < 1.29 is 13.2 Å². The maximum absolute atomic E-state index is 11.5. The molecule has 1 aromatic rings. The van der Waals surface area contributed by atoms with Crippen molar-refractivity contribution in [1.82, 2.24) is 19.7 Å². The molecule has 0 atom stereocenters. The van der Waals surface area contributed by atoms with Crippen LogP contribution in [0.4, 0.5) is 10.7 Å². The fourth-order valence-electron chi connectivity index (χ4n) is 1.17. The standard InChI is InChI=1S/C9H15N5O3S/c1-2-3-4-5-18(16,17)14-9(15)13-8-11-6-10-7-12-8/h6-7H,2-5H2,1H3,(H2,10,11,12,13,14,15). The molecule has 2 amide bonds. The van der Waals surface area contributed by atoms with Gasteiger partial charge >= 0.3 is 6.03 Å². The number of anilines is 1. The van der Waals surface area contributed by atoms with Crippen molar-refractivity contribution >= 4 is 22.0 Å². The van der Waals surface area contributed by atoms with Crippen molar-refractivity contribution in [2.75, 3.05) is 11.1 Å². The minimum Gasteiger partial charge on any atom is -0.275 e. The number of unbranched alkanes of at least 4 members (excludes halogenated alkanes) is 2. The van der Waals surface area contributed by atoms with Crippen molar-refractivity contribution in [2.45, 2.75) is 26.2 Å². The number of aromatic nitrogens is 3. The first kappa shape index (κ1) is 14.3. The summed E-state index contributed by atoms with van der Waals surface area (Å²) in [6, 6.07) is -0.877. The second kappa shape index (κ2) is 6.84. The smallest absolute Gasteiger partial charge is 0.275 e. The van der Waals surface area contributed by atoms with Gasteiger partial charge in [0.2, 0.25) is 16.0 Å². The second-order valence-electron chi connectivity index (χ2n) is 3.54. The summed E-state index contributed by atoms with van der Waals surface area (Å²) in [7, 11) is -3.61. The molecule has 0 radical (unpaired) electrons. The van der Waals surface area contributed by atoms with Gasteiger partial charge in [-0.15, -0.1) is 0 Å². The molecule has 2 N–H and O–H groups in total. The van der Waals surface area contributed by atoms with Gasteiger partial charge in [0.25, 0.3) is 0 Å². The predicted octanol–water partition coefficient (Wildman–Crippen LogP) is 0.513. The summed E-state index contributed by atoms with van der Waals surface area (Å²) in [6.07, 6.45) is 4.62. The first-order valence-electron chi connectivity index (χ1n) is 5.47. The lowest BCUT2D eigenvalue weighted by Gasteiger charge is -2.06. The minimum absolute atomic E-state index is 0.00809. The number of carbonyl (C=O) groups is 1. The Bertz CT molecular complexity index is 476. The third-order valence-electron chi connectivity index (χ3n) is 1.98. The van der Waals surface area contributed by atoms with E-state index in [1.807, 2.05) is 11.6 Å². The van der Waals surface area contributed by atoms with Crippen molar-refractivity contribution in [3.8, 4) is 0 Å². The highest BCUT2D eigenvalue weighted by Crippen LogP contribution is 1.98. The molecule has 0 saturated heterocycles. The van der Waals surface area contributed by atoms with Crippen LogP contribution >= 0.6 is 0 Å². The van der Waals surface area contributed by atoms with E-state index in [1.54, 1.807) is 0 Å². The SMILES string of the molecule is CCCCCS(=O)(=O)NC(=O)Nc1ncncn1. The molecule has 18 heavy (non-hydrogen) atoms. The summed E-state index contributed by atoms with van der Waals surface area (Å²) in [5.41, 5.74) is 0. The van der Waals surface area contributed by atoms with Crippen LogP contribution in [0.3, 0.4) is 0 Å². The number of carbonyl (C=O) groups excluding carboxylic acids is 1. The monoisotopic (exact) mass is 273 g/mol. The van der Waals surface area contributed by atoms with E-state index in [0.717, 1.165) is 12.8 Å². The number of sulfonamides is 1. The van der Waals surface area contributed by atoms with Crippen LogP contribution in [0.2, 0.25) is 0 Å². The van der Waals surface area contributed by atoms with Gasteiger partial charge in [-0.2, -0.15) is 0 Å². The lowest BCUT2D eigenvalue weighted by atomic mass is 10.3. The zero-order valence-electron chi connectivity index (χ0n) is 9.96. The Morgan fingerprint density at radius 1 is 1.28 bits per heavy atom. The highest BCUT2D eigenvalue weighted by molar-refractivity contribution is 7.90. The highest BCUT2D eigenvalue weighted by atomic mass is 32.2. The largest absolute Gasteiger partial charge is 0.335 e. The van der Waals surface area contributed by atoms with E-state index in [0.29, 0.717) is 6.42 Å². The molecule has 0 bridgehead atoms. The molecule has 9 heteroatoms. The Kier molecular flexibility index (Phi) is 5.43. The summed E-state index contributed by atoms with van der Waals surface area (Å²) in [4.78, 5) is 22.2. The Balaban J connectivity index is 2.44. The Hall–Kier alpha value is -1.77. The number of nitrogens with zero attached hydrogens (tertiary/aromatic N) is 3.